The van der Waals surface area contributed by atoms with Gasteiger partial charge in [0.2, 0.25) is 0 Å². The molecule has 2 aromatic rings. The van der Waals surface area contributed by atoms with Gasteiger partial charge in [0.25, 0.3) is 5.91 Å². The Hall–Kier alpha value is -2.28. The van der Waals surface area contributed by atoms with E-state index in [0.717, 1.165) is 5.69 Å². The number of nitrogens with zero attached hydrogens (tertiary/aromatic N) is 4. The molecule has 0 spiro atoms. The molecule has 0 aliphatic carbocycles. The van der Waals surface area contributed by atoms with Crippen molar-refractivity contribution in [2.45, 2.75) is 32.4 Å². The lowest BCUT2D eigenvalue weighted by Gasteiger charge is -2.29. The normalized spacial score (nSPS) is 13.0. The quantitative estimate of drug-likeness (QED) is 0.850. The topological polar surface area (TPSA) is 92.9 Å². The van der Waals surface area contributed by atoms with E-state index in [2.05, 4.69) is 20.8 Å². The van der Waals surface area contributed by atoms with Crippen molar-refractivity contribution in [1.82, 2.24) is 25.5 Å². The lowest BCUT2D eigenvalue weighted by Crippen LogP contribution is -2.50. The number of hydrogen-bond donors (Lipinski definition) is 2. The molecule has 2 rings (SSSR count). The zero-order valence-corrected chi connectivity index (χ0v) is 11.6. The van der Waals surface area contributed by atoms with Gasteiger partial charge in [-0.2, -0.15) is 0 Å². The molecule has 0 saturated heterocycles. The summed E-state index contributed by atoms with van der Waals surface area (Å²) in [6.45, 7) is 5.18. The molecule has 7 heteroatoms. The van der Waals surface area contributed by atoms with Gasteiger partial charge < -0.3 is 10.4 Å². The van der Waals surface area contributed by atoms with Crippen molar-refractivity contribution in [3.8, 4) is 5.69 Å². The smallest absolute Gasteiger partial charge is 0.251 e. The van der Waals surface area contributed by atoms with Gasteiger partial charge in [-0.3, -0.25) is 4.79 Å². The molecule has 1 aromatic carbocycles. The number of amides is 1. The molecule has 1 unspecified atom stereocenters. The molecule has 0 saturated carbocycles. The first-order valence-electron chi connectivity index (χ1n) is 6.24. The molecule has 0 fully saturated rings. The first-order chi connectivity index (χ1) is 9.40. The minimum atomic E-state index is -0.689. The van der Waals surface area contributed by atoms with Gasteiger partial charge in [0, 0.05) is 5.56 Å². The zero-order chi connectivity index (χ0) is 14.8. The molecule has 2 N–H and O–H groups in total. The van der Waals surface area contributed by atoms with Crippen LogP contribution in [0.1, 0.15) is 31.1 Å². The summed E-state index contributed by atoms with van der Waals surface area (Å²) in [6.07, 6.45) is 0.831. The number of nitrogens with one attached hydrogen (secondary N) is 1. The van der Waals surface area contributed by atoms with Crippen LogP contribution in [0.25, 0.3) is 5.69 Å². The van der Waals surface area contributed by atoms with Gasteiger partial charge in [-0.1, -0.05) is 0 Å². The molecule has 0 aliphatic rings. The number of aromatic nitrogens is 4. The molecule has 1 amide bonds. The number of tetrazole rings is 1. The average molecular weight is 275 g/mol. The Balaban J connectivity index is 2.12. The van der Waals surface area contributed by atoms with Gasteiger partial charge in [0.1, 0.15) is 6.33 Å². The van der Waals surface area contributed by atoms with E-state index in [4.69, 9.17) is 0 Å². The van der Waals surface area contributed by atoms with Crippen molar-refractivity contribution < 1.29 is 9.90 Å². The van der Waals surface area contributed by atoms with Crippen molar-refractivity contribution >= 4 is 5.91 Å². The highest BCUT2D eigenvalue weighted by atomic mass is 16.3. The van der Waals surface area contributed by atoms with Gasteiger partial charge in [0.15, 0.2) is 0 Å². The third-order valence-corrected chi connectivity index (χ3v) is 3.22. The molecular weight excluding hydrogens is 258 g/mol. The Morgan fingerprint density at radius 2 is 2.00 bits per heavy atom. The van der Waals surface area contributed by atoms with E-state index in [1.54, 1.807) is 45.0 Å². The van der Waals surface area contributed by atoms with E-state index in [0.29, 0.717) is 5.56 Å². The number of benzene rings is 1. The van der Waals surface area contributed by atoms with Crippen molar-refractivity contribution in [3.63, 3.8) is 0 Å². The van der Waals surface area contributed by atoms with E-state index in [9.17, 15) is 9.90 Å². The van der Waals surface area contributed by atoms with Crippen LogP contribution in [0.5, 0.6) is 0 Å². The summed E-state index contributed by atoms with van der Waals surface area (Å²) < 4.78 is 1.50. The summed E-state index contributed by atoms with van der Waals surface area (Å²) in [7, 11) is 0. The van der Waals surface area contributed by atoms with E-state index >= 15 is 0 Å². The predicted octanol–water partition coefficient (Wildman–Crippen LogP) is 0.551. The van der Waals surface area contributed by atoms with Crippen molar-refractivity contribution in [3.05, 3.63) is 36.2 Å². The molecular formula is C13H17N5O2. The minimum absolute atomic E-state index is 0.237. The molecule has 7 nitrogen and oxygen atoms in total. The maximum absolute atomic E-state index is 12.1. The zero-order valence-electron chi connectivity index (χ0n) is 11.6. The second-order valence-electron chi connectivity index (χ2n) is 5.15. The van der Waals surface area contributed by atoms with Crippen LogP contribution in [-0.2, 0) is 0 Å². The van der Waals surface area contributed by atoms with Crippen LogP contribution in [0.4, 0.5) is 0 Å². The summed E-state index contributed by atoms with van der Waals surface area (Å²) >= 11 is 0. The first-order valence-corrected chi connectivity index (χ1v) is 6.24. The van der Waals surface area contributed by atoms with Crippen molar-refractivity contribution in [2.75, 3.05) is 0 Å². The Kier molecular flexibility index (Phi) is 3.80. The van der Waals surface area contributed by atoms with Gasteiger partial charge in [-0.05, 0) is 55.5 Å². The average Bonchev–Trinajstić information content (AvgIpc) is 2.92. The molecule has 20 heavy (non-hydrogen) atoms. The largest absolute Gasteiger partial charge is 0.391 e. The lowest BCUT2D eigenvalue weighted by atomic mass is 9.98. The fourth-order valence-corrected chi connectivity index (χ4v) is 1.51. The molecule has 1 heterocycles. The summed E-state index contributed by atoms with van der Waals surface area (Å²) in [5.41, 5.74) is 0.586. The summed E-state index contributed by atoms with van der Waals surface area (Å²) in [4.78, 5) is 12.1. The maximum atomic E-state index is 12.1. The predicted molar refractivity (Wildman–Crippen MR) is 72.4 cm³/mol. The Bertz CT molecular complexity index is 575. The number of carbonyl (C=O) groups is 1. The number of aliphatic hydroxyl groups is 1. The highest BCUT2D eigenvalue weighted by Gasteiger charge is 2.26. The fourth-order valence-electron chi connectivity index (χ4n) is 1.51. The molecule has 0 radical (unpaired) electrons. The van der Waals surface area contributed by atoms with Gasteiger partial charge >= 0.3 is 0 Å². The van der Waals surface area contributed by atoms with Crippen LogP contribution in [0, 0.1) is 0 Å². The summed E-state index contributed by atoms with van der Waals surface area (Å²) in [5, 5.41) is 23.3. The standard InChI is InChI=1S/C13H17N5O2/c1-9(19)13(2,3)15-12(20)10-4-6-11(7-5-10)18-8-14-16-17-18/h4-9,19H,1-3H3,(H,15,20). The Morgan fingerprint density at radius 1 is 1.35 bits per heavy atom. The molecule has 0 bridgehead atoms. The van der Waals surface area contributed by atoms with Crippen molar-refractivity contribution in [1.29, 1.82) is 0 Å². The van der Waals surface area contributed by atoms with Crippen LogP contribution >= 0.6 is 0 Å². The summed E-state index contributed by atoms with van der Waals surface area (Å²) in [6, 6.07) is 6.87. The summed E-state index contributed by atoms with van der Waals surface area (Å²) in [5.74, 6) is -0.237. The van der Waals surface area contributed by atoms with E-state index in [1.165, 1.54) is 11.0 Å². The molecule has 1 aromatic heterocycles. The second-order valence-corrected chi connectivity index (χ2v) is 5.15. The number of hydrogen-bond acceptors (Lipinski definition) is 5. The van der Waals surface area contributed by atoms with Crippen molar-refractivity contribution in [2.24, 2.45) is 0 Å². The first kappa shape index (κ1) is 14.1. The van der Waals surface area contributed by atoms with E-state index in [-0.39, 0.29) is 5.91 Å². The van der Waals surface area contributed by atoms with Crippen LogP contribution in [0.3, 0.4) is 0 Å². The minimum Gasteiger partial charge on any atom is -0.391 e. The lowest BCUT2D eigenvalue weighted by molar-refractivity contribution is 0.0709. The molecule has 1 atom stereocenters. The Labute approximate surface area is 116 Å². The van der Waals surface area contributed by atoms with Gasteiger partial charge in [0.05, 0.1) is 17.3 Å². The van der Waals surface area contributed by atoms with Crippen LogP contribution < -0.4 is 5.32 Å². The third kappa shape index (κ3) is 3.00. The maximum Gasteiger partial charge on any atom is 0.251 e. The van der Waals surface area contributed by atoms with Gasteiger partial charge in [-0.15, -0.1) is 5.10 Å². The van der Waals surface area contributed by atoms with Crippen LogP contribution in [0.15, 0.2) is 30.6 Å². The third-order valence-electron chi connectivity index (χ3n) is 3.22. The second kappa shape index (κ2) is 5.38. The Morgan fingerprint density at radius 3 is 2.50 bits per heavy atom. The van der Waals surface area contributed by atoms with E-state index < -0.39 is 11.6 Å². The van der Waals surface area contributed by atoms with E-state index in [1.807, 2.05) is 0 Å². The molecule has 106 valence electrons. The van der Waals surface area contributed by atoms with Gasteiger partial charge in [-0.25, -0.2) is 4.68 Å². The highest BCUT2D eigenvalue weighted by molar-refractivity contribution is 5.94. The monoisotopic (exact) mass is 275 g/mol. The SMILES string of the molecule is CC(O)C(C)(C)NC(=O)c1ccc(-n2cnnn2)cc1. The highest BCUT2D eigenvalue weighted by Crippen LogP contribution is 2.12. The number of rotatable bonds is 4. The molecule has 0 aliphatic heterocycles. The fraction of sp³-hybridized carbons (Fsp3) is 0.385. The number of carbonyl (C=O) groups excluding carboxylic acids is 1. The van der Waals surface area contributed by atoms with Crippen LogP contribution in [0.2, 0.25) is 0 Å². The number of aliphatic hydroxyl groups excluding tert-OH is 1. The van der Waals surface area contributed by atoms with Crippen LogP contribution in [-0.4, -0.2) is 42.9 Å².